The lowest BCUT2D eigenvalue weighted by Crippen LogP contribution is -2.22. The van der Waals surface area contributed by atoms with E-state index in [1.165, 1.54) is 16.4 Å². The number of hydrogen-bond acceptors (Lipinski definition) is 4. The average molecular weight is 465 g/mol. The molecule has 1 amide bonds. The zero-order chi connectivity index (χ0) is 21.7. The topological polar surface area (TPSA) is 62.6 Å². The molecule has 6 heteroatoms. The van der Waals surface area contributed by atoms with Crippen LogP contribution in [0.3, 0.4) is 0 Å². The number of likely N-dealkylation sites (N-methyl/N-ethyl adjacent to an activating group) is 1. The Morgan fingerprint density at radius 2 is 1.83 bits per heavy atom. The molecule has 0 fully saturated rings. The lowest BCUT2D eigenvalue weighted by molar-refractivity contribution is -0.124. The van der Waals surface area contributed by atoms with E-state index in [4.69, 9.17) is 9.47 Å². The number of ether oxygens (including phenoxy) is 2. The Kier molecular flexibility index (Phi) is 6.76. The number of benzene rings is 3. The van der Waals surface area contributed by atoms with Crippen LogP contribution in [0, 0.1) is 11.3 Å². The Labute approximate surface area is 184 Å². The van der Waals surface area contributed by atoms with Gasteiger partial charge in [0.1, 0.15) is 18.2 Å². The first kappa shape index (κ1) is 21.4. The van der Waals surface area contributed by atoms with Crippen LogP contribution < -0.4 is 9.47 Å². The summed E-state index contributed by atoms with van der Waals surface area (Å²) in [5, 5.41) is 11.7. The fourth-order valence-corrected chi connectivity index (χ4v) is 3.40. The number of fused-ring (bicyclic) bond motifs is 1. The SMILES string of the molecule is COc1cc(/C=C(/C#N)C(=O)N(C)C)c(Br)cc1OCc1ccc2ccccc2c1. The molecule has 0 N–H and O–H groups in total. The first-order valence-electron chi connectivity index (χ1n) is 9.24. The summed E-state index contributed by atoms with van der Waals surface area (Å²) in [6.07, 6.45) is 1.53. The summed E-state index contributed by atoms with van der Waals surface area (Å²) in [6.45, 7) is 0.380. The maximum absolute atomic E-state index is 12.1. The monoisotopic (exact) mass is 464 g/mol. The Morgan fingerprint density at radius 1 is 1.10 bits per heavy atom. The molecule has 0 aliphatic heterocycles. The Hall–Kier alpha value is -3.30. The molecule has 3 aromatic carbocycles. The quantitative estimate of drug-likeness (QED) is 0.372. The van der Waals surface area contributed by atoms with Crippen molar-refractivity contribution >= 4 is 38.7 Å². The van der Waals surface area contributed by atoms with Crippen molar-refractivity contribution in [2.45, 2.75) is 6.61 Å². The highest BCUT2D eigenvalue weighted by atomic mass is 79.9. The molecule has 0 heterocycles. The zero-order valence-electron chi connectivity index (χ0n) is 17.0. The number of nitriles is 1. The van der Waals surface area contributed by atoms with Crippen molar-refractivity contribution in [1.29, 1.82) is 5.26 Å². The lowest BCUT2D eigenvalue weighted by Gasteiger charge is -2.14. The van der Waals surface area contributed by atoms with Crippen LogP contribution in [0.2, 0.25) is 0 Å². The minimum atomic E-state index is -0.361. The van der Waals surface area contributed by atoms with Crippen molar-refractivity contribution in [3.63, 3.8) is 0 Å². The molecule has 0 bridgehead atoms. The highest BCUT2D eigenvalue weighted by Crippen LogP contribution is 2.35. The van der Waals surface area contributed by atoms with E-state index >= 15 is 0 Å². The number of nitrogens with zero attached hydrogens (tertiary/aromatic N) is 2. The molecule has 0 atom stereocenters. The largest absolute Gasteiger partial charge is 0.493 e. The molecule has 0 aliphatic rings. The van der Waals surface area contributed by atoms with Gasteiger partial charge in [-0.3, -0.25) is 4.79 Å². The molecule has 0 spiro atoms. The Morgan fingerprint density at radius 3 is 2.50 bits per heavy atom. The number of carbonyl (C=O) groups excluding carboxylic acids is 1. The van der Waals surface area contributed by atoms with Crippen LogP contribution in [-0.2, 0) is 11.4 Å². The maximum Gasteiger partial charge on any atom is 0.264 e. The standard InChI is InChI=1S/C24H21BrN2O3/c1-27(2)24(28)20(14-26)11-19-12-22(29-3)23(13-21(19)25)30-15-16-8-9-17-6-4-5-7-18(17)10-16/h4-13H,15H2,1-3H3/b20-11-. The van der Waals surface area contributed by atoms with E-state index in [2.05, 4.69) is 40.2 Å². The number of carbonyl (C=O) groups is 1. The van der Waals surface area contributed by atoms with E-state index in [0.717, 1.165) is 10.9 Å². The molecule has 0 radical (unpaired) electrons. The first-order chi connectivity index (χ1) is 14.4. The fraction of sp³-hybridized carbons (Fsp3) is 0.167. The summed E-state index contributed by atoms with van der Waals surface area (Å²) in [5.74, 6) is 0.715. The fourth-order valence-electron chi connectivity index (χ4n) is 2.96. The highest BCUT2D eigenvalue weighted by Gasteiger charge is 2.15. The molecule has 0 saturated carbocycles. The van der Waals surface area contributed by atoms with Gasteiger partial charge in [0.15, 0.2) is 11.5 Å². The van der Waals surface area contributed by atoms with Crippen LogP contribution in [0.25, 0.3) is 16.8 Å². The van der Waals surface area contributed by atoms with Crippen LogP contribution in [0.4, 0.5) is 0 Å². The molecule has 152 valence electrons. The van der Waals surface area contributed by atoms with E-state index in [0.29, 0.717) is 28.1 Å². The zero-order valence-corrected chi connectivity index (χ0v) is 18.6. The molecule has 30 heavy (non-hydrogen) atoms. The predicted molar refractivity (Wildman–Crippen MR) is 121 cm³/mol. The van der Waals surface area contributed by atoms with E-state index < -0.39 is 0 Å². The summed E-state index contributed by atoms with van der Waals surface area (Å²) in [4.78, 5) is 13.5. The number of hydrogen-bond donors (Lipinski definition) is 0. The molecule has 3 rings (SSSR count). The van der Waals surface area contributed by atoms with Crippen LogP contribution >= 0.6 is 15.9 Å². The summed E-state index contributed by atoms with van der Waals surface area (Å²) >= 11 is 3.50. The Bertz CT molecular complexity index is 1160. The van der Waals surface area contributed by atoms with Gasteiger partial charge in [-0.05, 0) is 46.2 Å². The van der Waals surface area contributed by atoms with Gasteiger partial charge >= 0.3 is 0 Å². The summed E-state index contributed by atoms with van der Waals surface area (Å²) in [7, 11) is 4.76. The maximum atomic E-state index is 12.1. The second kappa shape index (κ2) is 9.47. The van der Waals surface area contributed by atoms with Crippen LogP contribution in [0.5, 0.6) is 11.5 Å². The molecule has 0 aliphatic carbocycles. The van der Waals surface area contributed by atoms with Crippen LogP contribution in [0.1, 0.15) is 11.1 Å². The van der Waals surface area contributed by atoms with Gasteiger partial charge in [0.2, 0.25) is 0 Å². The molecule has 5 nitrogen and oxygen atoms in total. The highest BCUT2D eigenvalue weighted by molar-refractivity contribution is 9.10. The average Bonchev–Trinajstić information content (AvgIpc) is 2.76. The number of methoxy groups -OCH3 is 1. The van der Waals surface area contributed by atoms with Crippen LogP contribution in [-0.4, -0.2) is 32.0 Å². The number of rotatable bonds is 6. The van der Waals surface area contributed by atoms with Crippen molar-refractivity contribution in [2.24, 2.45) is 0 Å². The smallest absolute Gasteiger partial charge is 0.264 e. The second-order valence-corrected chi connectivity index (χ2v) is 7.72. The van der Waals surface area contributed by atoms with E-state index in [1.54, 1.807) is 33.3 Å². The van der Waals surface area contributed by atoms with Gasteiger partial charge in [-0.15, -0.1) is 0 Å². The van der Waals surface area contributed by atoms with Crippen molar-refractivity contribution in [2.75, 3.05) is 21.2 Å². The summed E-state index contributed by atoms with van der Waals surface area (Å²) in [6, 6.07) is 19.8. The minimum absolute atomic E-state index is 0.0348. The van der Waals surface area contributed by atoms with Crippen LogP contribution in [0.15, 0.2) is 64.6 Å². The molecule has 3 aromatic rings. The van der Waals surface area contributed by atoms with Gasteiger partial charge in [-0.1, -0.05) is 52.3 Å². The summed E-state index contributed by atoms with van der Waals surface area (Å²) < 4.78 is 12.2. The molecular formula is C24H21BrN2O3. The van der Waals surface area contributed by atoms with Crippen molar-refractivity contribution < 1.29 is 14.3 Å². The van der Waals surface area contributed by atoms with E-state index in [1.807, 2.05) is 24.3 Å². The molecule has 0 unspecified atom stereocenters. The van der Waals surface area contributed by atoms with Gasteiger partial charge in [0, 0.05) is 18.6 Å². The van der Waals surface area contributed by atoms with Crippen molar-refractivity contribution in [3.8, 4) is 17.6 Å². The lowest BCUT2D eigenvalue weighted by atomic mass is 10.1. The third-order valence-electron chi connectivity index (χ3n) is 4.55. The second-order valence-electron chi connectivity index (χ2n) is 6.86. The predicted octanol–water partition coefficient (Wildman–Crippen LogP) is 5.19. The van der Waals surface area contributed by atoms with E-state index in [9.17, 15) is 10.1 Å². The minimum Gasteiger partial charge on any atom is -0.493 e. The molecule has 0 aromatic heterocycles. The Balaban J connectivity index is 1.86. The first-order valence-corrected chi connectivity index (χ1v) is 10.0. The normalized spacial score (nSPS) is 11.1. The third-order valence-corrected chi connectivity index (χ3v) is 5.23. The van der Waals surface area contributed by atoms with Crippen molar-refractivity contribution in [1.82, 2.24) is 4.90 Å². The molecule has 0 saturated heterocycles. The third kappa shape index (κ3) is 4.81. The van der Waals surface area contributed by atoms with Gasteiger partial charge in [-0.2, -0.15) is 5.26 Å². The number of halogens is 1. The molecular weight excluding hydrogens is 444 g/mol. The summed E-state index contributed by atoms with van der Waals surface area (Å²) in [5.41, 5.74) is 1.73. The van der Waals surface area contributed by atoms with Gasteiger partial charge in [0.25, 0.3) is 5.91 Å². The van der Waals surface area contributed by atoms with Gasteiger partial charge < -0.3 is 14.4 Å². The van der Waals surface area contributed by atoms with Crippen molar-refractivity contribution in [3.05, 3.63) is 75.8 Å². The van der Waals surface area contributed by atoms with Gasteiger partial charge in [0.05, 0.1) is 7.11 Å². The number of amides is 1. The van der Waals surface area contributed by atoms with E-state index in [-0.39, 0.29) is 11.5 Å². The van der Waals surface area contributed by atoms with Gasteiger partial charge in [-0.25, -0.2) is 0 Å².